The summed E-state index contributed by atoms with van der Waals surface area (Å²) in [4.78, 5) is 11.9. The third-order valence-corrected chi connectivity index (χ3v) is 5.82. The number of rotatable bonds is 10. The Morgan fingerprint density at radius 3 is 2.41 bits per heavy atom. The molecule has 0 saturated heterocycles. The molecule has 0 aliphatic heterocycles. The highest BCUT2D eigenvalue weighted by Gasteiger charge is 2.20. The van der Waals surface area contributed by atoms with Gasteiger partial charge in [-0.05, 0) is 65.9 Å². The van der Waals surface area contributed by atoms with E-state index in [1.165, 1.54) is 6.07 Å². The van der Waals surface area contributed by atoms with E-state index in [1.807, 2.05) is 55.5 Å². The number of carbonyl (C=O) groups is 1. The van der Waals surface area contributed by atoms with Crippen molar-refractivity contribution in [3.05, 3.63) is 131 Å². The van der Waals surface area contributed by atoms with Gasteiger partial charge >= 0.3 is 5.97 Å². The highest BCUT2D eigenvalue weighted by atomic mass is 16.5. The van der Waals surface area contributed by atoms with Crippen LogP contribution in [0.15, 0.2) is 103 Å². The molecular weight excluding hydrogens is 460 g/mol. The second-order valence-corrected chi connectivity index (χ2v) is 8.25. The van der Waals surface area contributed by atoms with Gasteiger partial charge in [0.1, 0.15) is 6.10 Å². The summed E-state index contributed by atoms with van der Waals surface area (Å²) in [5.41, 5.74) is 4.72. The summed E-state index contributed by atoms with van der Waals surface area (Å²) in [5.74, 6) is -1.06. The van der Waals surface area contributed by atoms with Crippen molar-refractivity contribution >= 4 is 5.97 Å². The summed E-state index contributed by atoms with van der Waals surface area (Å²) in [5, 5.41) is 28.6. The maximum absolute atomic E-state index is 11.9. The summed E-state index contributed by atoms with van der Waals surface area (Å²) in [6.07, 6.45) is 10.4. The Kier molecular flexibility index (Phi) is 9.74. The molecule has 0 bridgehead atoms. The van der Waals surface area contributed by atoms with Crippen molar-refractivity contribution in [1.82, 2.24) is 0 Å². The molecule has 0 radical (unpaired) electrons. The molecule has 3 rings (SSSR count). The van der Waals surface area contributed by atoms with Crippen molar-refractivity contribution in [1.29, 1.82) is 10.5 Å². The number of benzene rings is 3. The molecule has 0 aliphatic carbocycles. The lowest BCUT2D eigenvalue weighted by Gasteiger charge is -2.21. The van der Waals surface area contributed by atoms with E-state index >= 15 is 0 Å². The highest BCUT2D eigenvalue weighted by molar-refractivity contribution is 5.96. The van der Waals surface area contributed by atoms with Crippen molar-refractivity contribution in [2.24, 2.45) is 0 Å². The van der Waals surface area contributed by atoms with E-state index in [0.29, 0.717) is 28.9 Å². The van der Waals surface area contributed by atoms with Gasteiger partial charge in [-0.25, -0.2) is 4.79 Å². The molecular formula is C32H28N2O3. The summed E-state index contributed by atoms with van der Waals surface area (Å²) in [6, 6.07) is 23.6. The monoisotopic (exact) mass is 488 g/mol. The zero-order valence-corrected chi connectivity index (χ0v) is 20.9. The van der Waals surface area contributed by atoms with Gasteiger partial charge in [-0.15, -0.1) is 0 Å². The molecule has 3 aromatic rings. The van der Waals surface area contributed by atoms with Gasteiger partial charge in [0.25, 0.3) is 0 Å². The predicted octanol–water partition coefficient (Wildman–Crippen LogP) is 7.52. The van der Waals surface area contributed by atoms with E-state index in [-0.39, 0.29) is 5.56 Å². The molecule has 1 unspecified atom stereocenters. The van der Waals surface area contributed by atoms with Crippen molar-refractivity contribution < 1.29 is 14.6 Å². The van der Waals surface area contributed by atoms with E-state index in [4.69, 9.17) is 10.00 Å². The minimum atomic E-state index is -1.06. The Morgan fingerprint density at radius 1 is 1.00 bits per heavy atom. The number of hydrogen-bond acceptors (Lipinski definition) is 4. The van der Waals surface area contributed by atoms with Crippen molar-refractivity contribution in [3.63, 3.8) is 0 Å². The van der Waals surface area contributed by atoms with Crippen LogP contribution in [0.2, 0.25) is 0 Å². The molecule has 0 aliphatic rings. The number of hydrogen-bond donors (Lipinski definition) is 1. The smallest absolute Gasteiger partial charge is 0.336 e. The largest absolute Gasteiger partial charge is 0.478 e. The number of ether oxygens (including phenoxy) is 1. The fourth-order valence-corrected chi connectivity index (χ4v) is 3.91. The van der Waals surface area contributed by atoms with Crippen LogP contribution in [0.5, 0.6) is 0 Å². The number of nitriles is 2. The lowest BCUT2D eigenvalue weighted by atomic mass is 9.91. The second-order valence-electron chi connectivity index (χ2n) is 8.25. The average molecular weight is 489 g/mol. The zero-order valence-electron chi connectivity index (χ0n) is 20.9. The van der Waals surface area contributed by atoms with Gasteiger partial charge in [-0.1, -0.05) is 73.7 Å². The van der Waals surface area contributed by atoms with Gasteiger partial charge in [0.15, 0.2) is 0 Å². The quantitative estimate of drug-likeness (QED) is 0.298. The predicted molar refractivity (Wildman–Crippen MR) is 145 cm³/mol. The summed E-state index contributed by atoms with van der Waals surface area (Å²) in [7, 11) is 0. The van der Waals surface area contributed by atoms with Gasteiger partial charge in [0.05, 0.1) is 35.4 Å². The number of carboxylic acid groups (broad SMARTS) is 1. The zero-order chi connectivity index (χ0) is 26.6. The molecule has 37 heavy (non-hydrogen) atoms. The molecule has 0 saturated carbocycles. The fourth-order valence-electron chi connectivity index (χ4n) is 3.91. The first-order valence-corrected chi connectivity index (χ1v) is 12.0. The van der Waals surface area contributed by atoms with Crippen molar-refractivity contribution in [3.8, 4) is 23.3 Å². The van der Waals surface area contributed by atoms with Gasteiger partial charge in [0, 0.05) is 5.56 Å². The lowest BCUT2D eigenvalue weighted by molar-refractivity contribution is 0.0662. The SMILES string of the molecule is C\C=C(/C=C\C=C\CC)C(OCc1ccc(C#N)cc1)c1ccc(C#N)c(-c2ccccc2C(=O)O)c1. The maximum atomic E-state index is 11.9. The van der Waals surface area contributed by atoms with Crippen LogP contribution in [-0.4, -0.2) is 11.1 Å². The minimum absolute atomic E-state index is 0.127. The molecule has 0 heterocycles. The van der Waals surface area contributed by atoms with Crippen LogP contribution in [-0.2, 0) is 11.3 Å². The Morgan fingerprint density at radius 2 is 1.76 bits per heavy atom. The minimum Gasteiger partial charge on any atom is -0.478 e. The molecule has 0 fully saturated rings. The molecule has 0 spiro atoms. The molecule has 1 atom stereocenters. The van der Waals surface area contributed by atoms with E-state index in [0.717, 1.165) is 23.1 Å². The number of allylic oxidation sites excluding steroid dienone is 4. The van der Waals surface area contributed by atoms with Crippen LogP contribution in [0.3, 0.4) is 0 Å². The molecule has 1 N–H and O–H groups in total. The van der Waals surface area contributed by atoms with E-state index in [9.17, 15) is 15.2 Å². The average Bonchev–Trinajstić information content (AvgIpc) is 2.94. The highest BCUT2D eigenvalue weighted by Crippen LogP contribution is 2.34. The Labute approximate surface area is 217 Å². The Bertz CT molecular complexity index is 1420. The van der Waals surface area contributed by atoms with Crippen LogP contribution in [0, 0.1) is 22.7 Å². The van der Waals surface area contributed by atoms with E-state index in [1.54, 1.807) is 36.4 Å². The van der Waals surface area contributed by atoms with E-state index in [2.05, 4.69) is 25.1 Å². The normalized spacial score (nSPS) is 12.4. The molecule has 3 aromatic carbocycles. The number of nitrogens with zero attached hydrogens (tertiary/aromatic N) is 2. The van der Waals surface area contributed by atoms with Crippen molar-refractivity contribution in [2.75, 3.05) is 0 Å². The van der Waals surface area contributed by atoms with Gasteiger partial charge in [0.2, 0.25) is 0 Å². The summed E-state index contributed by atoms with van der Waals surface area (Å²) in [6.45, 7) is 4.30. The number of carboxylic acids is 1. The van der Waals surface area contributed by atoms with Gasteiger partial charge in [-0.2, -0.15) is 10.5 Å². The first-order valence-electron chi connectivity index (χ1n) is 12.0. The third kappa shape index (κ3) is 6.92. The second kappa shape index (κ2) is 13.4. The Hall–Kier alpha value is -4.71. The molecule has 5 nitrogen and oxygen atoms in total. The topological polar surface area (TPSA) is 94.1 Å². The standard InChI is InChI=1S/C32H28N2O3/c1-3-5-6-7-10-25(4-2)31(37-22-24-15-13-23(20-33)14-16-24)26-17-18-27(21-34)30(19-26)28-11-8-9-12-29(28)32(35)36/h4-19,31H,3,22H2,1-2H3,(H,35,36)/b6-5+,10-7-,25-4+. The number of aromatic carboxylic acids is 1. The van der Waals surface area contributed by atoms with Crippen LogP contribution < -0.4 is 0 Å². The molecule has 0 amide bonds. The fraction of sp³-hybridized carbons (Fsp3) is 0.156. The molecule has 5 heteroatoms. The third-order valence-electron chi connectivity index (χ3n) is 5.82. The summed E-state index contributed by atoms with van der Waals surface area (Å²) >= 11 is 0. The lowest BCUT2D eigenvalue weighted by Crippen LogP contribution is -2.08. The van der Waals surface area contributed by atoms with Gasteiger partial charge < -0.3 is 9.84 Å². The van der Waals surface area contributed by atoms with Crippen LogP contribution in [0.1, 0.15) is 59.0 Å². The van der Waals surface area contributed by atoms with E-state index < -0.39 is 12.1 Å². The maximum Gasteiger partial charge on any atom is 0.336 e. The van der Waals surface area contributed by atoms with Gasteiger partial charge in [-0.3, -0.25) is 0 Å². The first-order chi connectivity index (χ1) is 18.0. The van der Waals surface area contributed by atoms with Crippen LogP contribution in [0.4, 0.5) is 0 Å². The van der Waals surface area contributed by atoms with Crippen LogP contribution in [0.25, 0.3) is 11.1 Å². The molecule has 184 valence electrons. The Balaban J connectivity index is 2.08. The van der Waals surface area contributed by atoms with Crippen molar-refractivity contribution in [2.45, 2.75) is 33.0 Å². The molecule has 0 aromatic heterocycles. The summed E-state index contributed by atoms with van der Waals surface area (Å²) < 4.78 is 6.41. The first kappa shape index (κ1) is 26.9. The van der Waals surface area contributed by atoms with Crippen LogP contribution >= 0.6 is 0 Å².